The molecule has 0 saturated carbocycles. The largest absolute Gasteiger partial charge is 0.444 e. The second-order valence-electron chi connectivity index (χ2n) is 6.89. The van der Waals surface area contributed by atoms with Gasteiger partial charge in [0.2, 0.25) is 0 Å². The molecule has 0 bridgehead atoms. The Bertz CT molecular complexity index is 340. The fraction of sp³-hybridized carbons (Fsp3) is 0.786. The molecule has 0 aromatic heterocycles. The molecule has 1 N–H and O–H groups in total. The van der Waals surface area contributed by atoms with Crippen molar-refractivity contribution >= 4 is 14.2 Å². The number of amides is 1. The minimum atomic E-state index is -1.42. The highest BCUT2D eigenvalue weighted by Gasteiger charge is 2.20. The third kappa shape index (κ3) is 9.12. The van der Waals surface area contributed by atoms with E-state index in [-0.39, 0.29) is 12.0 Å². The van der Waals surface area contributed by atoms with Crippen LogP contribution in [0.5, 0.6) is 0 Å². The Morgan fingerprint density at radius 2 is 1.72 bits per heavy atom. The summed E-state index contributed by atoms with van der Waals surface area (Å²) in [5, 5.41) is 2.83. The van der Waals surface area contributed by atoms with Crippen LogP contribution < -0.4 is 5.32 Å². The molecule has 18 heavy (non-hydrogen) atoms. The van der Waals surface area contributed by atoms with E-state index < -0.39 is 19.8 Å². The van der Waals surface area contributed by atoms with Crippen LogP contribution in [0.4, 0.5) is 4.79 Å². The molecule has 0 aliphatic heterocycles. The maximum absolute atomic E-state index is 11.7. The van der Waals surface area contributed by atoms with Gasteiger partial charge in [-0.1, -0.05) is 39.4 Å². The van der Waals surface area contributed by atoms with E-state index in [2.05, 4.69) is 36.4 Å². The van der Waals surface area contributed by atoms with Gasteiger partial charge in [0.15, 0.2) is 0 Å². The molecule has 0 rings (SSSR count). The summed E-state index contributed by atoms with van der Waals surface area (Å²) in [6.07, 6.45) is -0.397. The molecule has 0 heterocycles. The predicted octanol–water partition coefficient (Wildman–Crippen LogP) is 3.42. The van der Waals surface area contributed by atoms with E-state index >= 15 is 0 Å². The zero-order valence-corrected chi connectivity index (χ0v) is 14.0. The molecule has 0 aromatic carbocycles. The van der Waals surface area contributed by atoms with Crippen molar-refractivity contribution in [2.75, 3.05) is 0 Å². The summed E-state index contributed by atoms with van der Waals surface area (Å²) >= 11 is 0. The van der Waals surface area contributed by atoms with Gasteiger partial charge in [-0.3, -0.25) is 0 Å². The van der Waals surface area contributed by atoms with Gasteiger partial charge in [0, 0.05) is 0 Å². The van der Waals surface area contributed by atoms with Gasteiger partial charge in [-0.15, -0.1) is 5.54 Å². The first-order valence-corrected chi connectivity index (χ1v) is 9.93. The van der Waals surface area contributed by atoms with Gasteiger partial charge >= 0.3 is 6.09 Å². The number of carbonyl (C=O) groups is 1. The first-order valence-electron chi connectivity index (χ1n) is 6.43. The number of carbonyl (C=O) groups excluding carboxylic acids is 1. The molecule has 0 aliphatic rings. The van der Waals surface area contributed by atoms with Crippen molar-refractivity contribution in [3.05, 3.63) is 0 Å². The lowest BCUT2D eigenvalue weighted by molar-refractivity contribution is 0.0506. The second kappa shape index (κ2) is 6.28. The Kier molecular flexibility index (Phi) is 5.95. The van der Waals surface area contributed by atoms with Crippen LogP contribution >= 0.6 is 0 Å². The van der Waals surface area contributed by atoms with Crippen LogP contribution in [0.2, 0.25) is 19.6 Å². The van der Waals surface area contributed by atoms with Crippen molar-refractivity contribution < 1.29 is 9.53 Å². The fourth-order valence-corrected chi connectivity index (χ4v) is 1.69. The van der Waals surface area contributed by atoms with E-state index in [0.29, 0.717) is 0 Å². The summed E-state index contributed by atoms with van der Waals surface area (Å²) in [7, 11) is -1.42. The molecule has 4 heteroatoms. The van der Waals surface area contributed by atoms with Gasteiger partial charge in [-0.2, -0.15) is 0 Å². The van der Waals surface area contributed by atoms with Crippen LogP contribution in [-0.2, 0) is 4.74 Å². The fourth-order valence-electron chi connectivity index (χ4n) is 1.10. The van der Waals surface area contributed by atoms with Crippen LogP contribution in [0.15, 0.2) is 0 Å². The van der Waals surface area contributed by atoms with Crippen LogP contribution in [0.25, 0.3) is 0 Å². The highest BCUT2D eigenvalue weighted by Crippen LogP contribution is 2.08. The van der Waals surface area contributed by atoms with E-state index in [1.165, 1.54) is 0 Å². The Morgan fingerprint density at radius 1 is 1.22 bits per heavy atom. The van der Waals surface area contributed by atoms with E-state index in [9.17, 15) is 4.79 Å². The topological polar surface area (TPSA) is 38.3 Å². The number of alkyl carbamates (subject to hydrolysis) is 1. The molecule has 1 amide bonds. The van der Waals surface area contributed by atoms with E-state index in [1.807, 2.05) is 34.6 Å². The smallest absolute Gasteiger partial charge is 0.408 e. The van der Waals surface area contributed by atoms with Crippen molar-refractivity contribution in [3.63, 3.8) is 0 Å². The normalized spacial score (nSPS) is 13.6. The van der Waals surface area contributed by atoms with Crippen LogP contribution in [0.1, 0.15) is 34.6 Å². The maximum atomic E-state index is 11.7. The van der Waals surface area contributed by atoms with Crippen molar-refractivity contribution in [1.29, 1.82) is 0 Å². The first kappa shape index (κ1) is 17.0. The highest BCUT2D eigenvalue weighted by molar-refractivity contribution is 6.83. The van der Waals surface area contributed by atoms with Gasteiger partial charge in [-0.25, -0.2) is 4.79 Å². The van der Waals surface area contributed by atoms with E-state index in [1.54, 1.807) is 0 Å². The molecule has 0 saturated heterocycles. The zero-order chi connectivity index (χ0) is 14.6. The molecule has 0 fully saturated rings. The number of hydrogen-bond donors (Lipinski definition) is 1. The lowest BCUT2D eigenvalue weighted by Crippen LogP contribution is -2.41. The molecule has 1 atom stereocenters. The Morgan fingerprint density at radius 3 is 2.06 bits per heavy atom. The lowest BCUT2D eigenvalue weighted by atomic mass is 10.1. The standard InChI is InChI=1S/C14H27NO2Si/c1-11(2)12(9-10-18(6,7)8)15-13(16)17-14(3,4)5/h11-12H,1-8H3,(H,15,16)/t12-/m0/s1. The van der Waals surface area contributed by atoms with Crippen LogP contribution in [-0.4, -0.2) is 25.8 Å². The van der Waals surface area contributed by atoms with Gasteiger partial charge in [-0.05, 0) is 26.7 Å². The monoisotopic (exact) mass is 269 g/mol. The van der Waals surface area contributed by atoms with Crippen LogP contribution in [0, 0.1) is 17.4 Å². The Hall–Kier alpha value is -0.953. The van der Waals surface area contributed by atoms with Crippen molar-refractivity contribution in [2.45, 2.75) is 65.9 Å². The van der Waals surface area contributed by atoms with Crippen molar-refractivity contribution in [1.82, 2.24) is 5.32 Å². The lowest BCUT2D eigenvalue weighted by Gasteiger charge is -2.23. The molecule has 104 valence electrons. The third-order valence-electron chi connectivity index (χ3n) is 1.94. The molecule has 0 spiro atoms. The summed E-state index contributed by atoms with van der Waals surface area (Å²) in [6, 6.07) is -0.147. The quantitative estimate of drug-likeness (QED) is 0.616. The second-order valence-corrected chi connectivity index (χ2v) is 11.6. The van der Waals surface area contributed by atoms with E-state index in [0.717, 1.165) is 0 Å². The number of nitrogens with one attached hydrogen (secondary N) is 1. The van der Waals surface area contributed by atoms with Gasteiger partial charge < -0.3 is 10.1 Å². The third-order valence-corrected chi connectivity index (χ3v) is 2.84. The van der Waals surface area contributed by atoms with Crippen LogP contribution in [0.3, 0.4) is 0 Å². The van der Waals surface area contributed by atoms with Crippen molar-refractivity contribution in [2.24, 2.45) is 5.92 Å². The minimum absolute atomic E-state index is 0.147. The average Bonchev–Trinajstić information content (AvgIpc) is 2.06. The summed E-state index contributed by atoms with van der Waals surface area (Å²) in [6.45, 7) is 16.2. The van der Waals surface area contributed by atoms with Gasteiger partial charge in [0.1, 0.15) is 13.7 Å². The van der Waals surface area contributed by atoms with E-state index in [4.69, 9.17) is 4.74 Å². The molecular formula is C14H27NO2Si. The number of ether oxygens (including phenoxy) is 1. The molecule has 3 nitrogen and oxygen atoms in total. The number of rotatable bonds is 2. The van der Waals surface area contributed by atoms with Gasteiger partial charge in [0.25, 0.3) is 0 Å². The summed E-state index contributed by atoms with van der Waals surface area (Å²) < 4.78 is 5.24. The average molecular weight is 269 g/mol. The van der Waals surface area contributed by atoms with Gasteiger partial charge in [0.05, 0.1) is 6.04 Å². The zero-order valence-electron chi connectivity index (χ0n) is 13.0. The summed E-state index contributed by atoms with van der Waals surface area (Å²) in [4.78, 5) is 11.7. The molecular weight excluding hydrogens is 242 g/mol. The predicted molar refractivity (Wildman–Crippen MR) is 79.1 cm³/mol. The Balaban J connectivity index is 4.65. The first-order chi connectivity index (χ1) is 7.91. The maximum Gasteiger partial charge on any atom is 0.408 e. The molecule has 0 unspecified atom stereocenters. The molecule has 0 aliphatic carbocycles. The molecule has 0 aromatic rings. The SMILES string of the molecule is CC(C)[C@H](C#C[Si](C)(C)C)NC(=O)OC(C)(C)C. The summed E-state index contributed by atoms with van der Waals surface area (Å²) in [5.74, 6) is 3.44. The molecule has 0 radical (unpaired) electrons. The number of hydrogen-bond acceptors (Lipinski definition) is 2. The van der Waals surface area contributed by atoms with Crippen molar-refractivity contribution in [3.8, 4) is 11.5 Å². The summed E-state index contributed by atoms with van der Waals surface area (Å²) in [5.41, 5.74) is 2.82. The minimum Gasteiger partial charge on any atom is -0.444 e. The highest BCUT2D eigenvalue weighted by atomic mass is 28.3. The Labute approximate surface area is 113 Å².